The van der Waals surface area contributed by atoms with E-state index in [4.69, 9.17) is 9.15 Å². The van der Waals surface area contributed by atoms with Crippen LogP contribution in [0.25, 0.3) is 17.4 Å². The summed E-state index contributed by atoms with van der Waals surface area (Å²) in [6, 6.07) is 11.1. The molecular formula is C18H15NO4S. The van der Waals surface area contributed by atoms with Gasteiger partial charge >= 0.3 is 0 Å². The Bertz CT molecular complexity index is 820. The number of hydrogen-bond donors (Lipinski definition) is 0. The van der Waals surface area contributed by atoms with Crippen LogP contribution in [0.1, 0.15) is 5.76 Å². The maximum atomic E-state index is 12.2. The van der Waals surface area contributed by atoms with Crippen molar-refractivity contribution >= 4 is 29.0 Å². The molecular weight excluding hydrogens is 326 g/mol. The van der Waals surface area contributed by atoms with Crippen LogP contribution in [-0.2, 0) is 4.79 Å². The number of rotatable bonds is 5. The molecule has 2 aromatic rings. The maximum Gasteiger partial charge on any atom is 0.293 e. The molecule has 1 fully saturated rings. The summed E-state index contributed by atoms with van der Waals surface area (Å²) in [6.45, 7) is 3.75. The number of thioether (sulfide) groups is 1. The van der Waals surface area contributed by atoms with Gasteiger partial charge in [-0.25, -0.2) is 0 Å². The average molecular weight is 341 g/mol. The third kappa shape index (κ3) is 3.14. The molecule has 1 aromatic carbocycles. The zero-order valence-corrected chi connectivity index (χ0v) is 13.8. The van der Waals surface area contributed by atoms with Crippen LogP contribution in [0.4, 0.5) is 4.79 Å². The lowest BCUT2D eigenvalue weighted by atomic mass is 10.2. The molecule has 3 rings (SSSR count). The molecule has 0 saturated carbocycles. The first-order valence-electron chi connectivity index (χ1n) is 7.23. The third-order valence-corrected chi connectivity index (χ3v) is 4.37. The lowest BCUT2D eigenvalue weighted by Gasteiger charge is -2.07. The molecule has 1 aromatic heterocycles. The van der Waals surface area contributed by atoms with Crippen molar-refractivity contribution in [3.8, 4) is 17.1 Å². The Labute approximate surface area is 143 Å². The van der Waals surface area contributed by atoms with E-state index in [1.165, 1.54) is 6.08 Å². The Hall–Kier alpha value is -2.73. The average Bonchev–Trinajstić information content (AvgIpc) is 3.16. The molecule has 1 aliphatic heterocycles. The van der Waals surface area contributed by atoms with Crippen molar-refractivity contribution in [1.29, 1.82) is 0 Å². The van der Waals surface area contributed by atoms with Crippen LogP contribution in [0.5, 0.6) is 5.75 Å². The molecule has 0 N–H and O–H groups in total. The highest BCUT2D eigenvalue weighted by atomic mass is 32.2. The zero-order chi connectivity index (χ0) is 17.1. The summed E-state index contributed by atoms with van der Waals surface area (Å²) < 4.78 is 10.9. The lowest BCUT2D eigenvalue weighted by molar-refractivity contribution is -0.122. The normalized spacial score (nSPS) is 16.0. The summed E-state index contributed by atoms with van der Waals surface area (Å²) in [5.41, 5.74) is 0.898. The van der Waals surface area contributed by atoms with Crippen LogP contribution in [0.15, 0.2) is 58.4 Å². The Morgan fingerprint density at radius 2 is 1.96 bits per heavy atom. The van der Waals surface area contributed by atoms with E-state index in [0.29, 0.717) is 16.4 Å². The highest BCUT2D eigenvalue weighted by Crippen LogP contribution is 2.33. The van der Waals surface area contributed by atoms with Crippen LogP contribution in [-0.4, -0.2) is 29.7 Å². The molecule has 2 heterocycles. The second-order valence-corrected chi connectivity index (χ2v) is 6.00. The standard InChI is InChI=1S/C18H15NO4S/c1-3-10-19-17(20)16(24-18(19)21)11-14-8-9-15(23-14)12-4-6-13(22-2)7-5-12/h3-9,11H,1,10H2,2H3. The summed E-state index contributed by atoms with van der Waals surface area (Å²) in [5, 5.41) is -0.298. The van der Waals surface area contributed by atoms with Crippen molar-refractivity contribution in [3.63, 3.8) is 0 Å². The SMILES string of the molecule is C=CCN1C(=O)SC(=Cc2ccc(-c3ccc(OC)cc3)o2)C1=O. The Balaban J connectivity index is 1.82. The van der Waals surface area contributed by atoms with Gasteiger partial charge < -0.3 is 9.15 Å². The van der Waals surface area contributed by atoms with Gasteiger partial charge in [-0.15, -0.1) is 6.58 Å². The molecule has 1 saturated heterocycles. The number of imide groups is 1. The van der Waals surface area contributed by atoms with E-state index in [9.17, 15) is 9.59 Å². The zero-order valence-electron chi connectivity index (χ0n) is 13.0. The van der Waals surface area contributed by atoms with Gasteiger partial charge in [0.25, 0.3) is 11.1 Å². The minimum absolute atomic E-state index is 0.206. The molecule has 0 spiro atoms. The molecule has 6 heteroatoms. The first kappa shape index (κ1) is 16.1. The van der Waals surface area contributed by atoms with Gasteiger partial charge in [0, 0.05) is 18.2 Å². The number of furan rings is 1. The number of carbonyl (C=O) groups is 2. The van der Waals surface area contributed by atoms with Crippen molar-refractivity contribution in [2.45, 2.75) is 0 Å². The number of benzene rings is 1. The van der Waals surface area contributed by atoms with Crippen LogP contribution in [0.3, 0.4) is 0 Å². The molecule has 24 heavy (non-hydrogen) atoms. The molecule has 0 bridgehead atoms. The van der Waals surface area contributed by atoms with E-state index in [1.54, 1.807) is 19.3 Å². The summed E-state index contributed by atoms with van der Waals surface area (Å²) >= 11 is 0.901. The van der Waals surface area contributed by atoms with E-state index in [-0.39, 0.29) is 17.7 Å². The molecule has 0 atom stereocenters. The lowest BCUT2D eigenvalue weighted by Crippen LogP contribution is -2.27. The monoisotopic (exact) mass is 341 g/mol. The fourth-order valence-corrected chi connectivity index (χ4v) is 3.08. The fraction of sp³-hybridized carbons (Fsp3) is 0.111. The van der Waals surface area contributed by atoms with E-state index in [0.717, 1.165) is 28.0 Å². The van der Waals surface area contributed by atoms with Gasteiger partial charge in [0.1, 0.15) is 17.3 Å². The smallest absolute Gasteiger partial charge is 0.293 e. The summed E-state index contributed by atoms with van der Waals surface area (Å²) in [5.74, 6) is 1.63. The van der Waals surface area contributed by atoms with Gasteiger partial charge in [-0.3, -0.25) is 14.5 Å². The molecule has 5 nitrogen and oxygen atoms in total. The minimum Gasteiger partial charge on any atom is -0.497 e. The van der Waals surface area contributed by atoms with Gasteiger partial charge in [-0.05, 0) is 48.2 Å². The minimum atomic E-state index is -0.327. The largest absolute Gasteiger partial charge is 0.497 e. The number of amides is 2. The Morgan fingerprint density at radius 1 is 1.21 bits per heavy atom. The van der Waals surface area contributed by atoms with Gasteiger partial charge in [0.05, 0.1) is 12.0 Å². The fourth-order valence-electron chi connectivity index (χ4n) is 2.26. The predicted octanol–water partition coefficient (Wildman–Crippen LogP) is 4.18. The van der Waals surface area contributed by atoms with Gasteiger partial charge in [-0.1, -0.05) is 6.08 Å². The topological polar surface area (TPSA) is 59.8 Å². The van der Waals surface area contributed by atoms with Crippen molar-refractivity contribution in [1.82, 2.24) is 4.90 Å². The van der Waals surface area contributed by atoms with E-state index in [2.05, 4.69) is 6.58 Å². The number of ether oxygens (including phenoxy) is 1. The van der Waals surface area contributed by atoms with Crippen molar-refractivity contribution < 1.29 is 18.7 Å². The first-order chi connectivity index (χ1) is 11.6. The second-order valence-electron chi connectivity index (χ2n) is 5.01. The van der Waals surface area contributed by atoms with Crippen molar-refractivity contribution in [2.75, 3.05) is 13.7 Å². The third-order valence-electron chi connectivity index (χ3n) is 3.46. The first-order valence-corrected chi connectivity index (χ1v) is 8.04. The van der Waals surface area contributed by atoms with E-state index < -0.39 is 0 Å². The Kier molecular flexibility index (Phi) is 4.57. The molecule has 1 aliphatic rings. The summed E-state index contributed by atoms with van der Waals surface area (Å²) in [7, 11) is 1.61. The van der Waals surface area contributed by atoms with Crippen molar-refractivity contribution in [3.05, 3.63) is 59.7 Å². The van der Waals surface area contributed by atoms with E-state index in [1.807, 2.05) is 30.3 Å². The molecule has 0 aliphatic carbocycles. The summed E-state index contributed by atoms with van der Waals surface area (Å²) in [4.78, 5) is 25.5. The number of carbonyl (C=O) groups excluding carboxylic acids is 2. The second kappa shape index (κ2) is 6.80. The van der Waals surface area contributed by atoms with Gasteiger partial charge in [0.15, 0.2) is 0 Å². The number of methoxy groups -OCH3 is 1. The van der Waals surface area contributed by atoms with Gasteiger partial charge in [-0.2, -0.15) is 0 Å². The summed E-state index contributed by atoms with van der Waals surface area (Å²) in [6.07, 6.45) is 3.11. The highest BCUT2D eigenvalue weighted by Gasteiger charge is 2.34. The van der Waals surface area contributed by atoms with Crippen LogP contribution < -0.4 is 4.74 Å². The quantitative estimate of drug-likeness (QED) is 0.603. The van der Waals surface area contributed by atoms with Gasteiger partial charge in [0.2, 0.25) is 0 Å². The molecule has 122 valence electrons. The van der Waals surface area contributed by atoms with E-state index >= 15 is 0 Å². The highest BCUT2D eigenvalue weighted by molar-refractivity contribution is 8.18. The molecule has 2 amide bonds. The molecule has 0 unspecified atom stereocenters. The van der Waals surface area contributed by atoms with Crippen LogP contribution in [0.2, 0.25) is 0 Å². The van der Waals surface area contributed by atoms with Crippen LogP contribution in [0, 0.1) is 0 Å². The number of nitrogens with zero attached hydrogens (tertiary/aromatic N) is 1. The van der Waals surface area contributed by atoms with Crippen LogP contribution >= 0.6 is 11.8 Å². The predicted molar refractivity (Wildman–Crippen MR) is 93.6 cm³/mol. The van der Waals surface area contributed by atoms with Crippen molar-refractivity contribution in [2.24, 2.45) is 0 Å². The maximum absolute atomic E-state index is 12.2. The molecule has 0 radical (unpaired) electrons. The number of hydrogen-bond acceptors (Lipinski definition) is 5. The Morgan fingerprint density at radius 3 is 2.62 bits per heavy atom.